The normalized spacial score (nSPS) is 8.90. The molecular formula is C7H6FN2+. The largest absolute Gasteiger partial charge is 0.420 e. The van der Waals surface area contributed by atoms with Crippen LogP contribution in [0.2, 0.25) is 0 Å². The predicted octanol–water partition coefficient (Wildman–Crippen LogP) is 2.62. The van der Waals surface area contributed by atoms with Gasteiger partial charge in [-0.2, -0.15) is 4.39 Å². The van der Waals surface area contributed by atoms with Crippen LogP contribution in [0.5, 0.6) is 0 Å². The number of benzene rings is 1. The highest BCUT2D eigenvalue weighted by molar-refractivity contribution is 5.46. The van der Waals surface area contributed by atoms with Crippen molar-refractivity contribution in [3.8, 4) is 0 Å². The van der Waals surface area contributed by atoms with Crippen LogP contribution in [0, 0.1) is 18.1 Å². The zero-order valence-corrected chi connectivity index (χ0v) is 5.50. The van der Waals surface area contributed by atoms with Gasteiger partial charge in [-0.15, -0.1) is 0 Å². The molecule has 50 valence electrons. The molecule has 1 rings (SSSR count). The first kappa shape index (κ1) is 6.69. The molecule has 2 nitrogen and oxygen atoms in total. The van der Waals surface area contributed by atoms with E-state index in [1.807, 2.05) is 0 Å². The number of halogens is 1. The van der Waals surface area contributed by atoms with Crippen molar-refractivity contribution in [3.05, 3.63) is 34.6 Å². The molecule has 3 heteroatoms. The van der Waals surface area contributed by atoms with Gasteiger partial charge in [0, 0.05) is 6.07 Å². The van der Waals surface area contributed by atoms with E-state index < -0.39 is 5.82 Å². The highest BCUT2D eigenvalue weighted by Crippen LogP contribution is 2.17. The Labute approximate surface area is 57.9 Å². The molecule has 0 bridgehead atoms. The first-order valence-corrected chi connectivity index (χ1v) is 2.85. The van der Waals surface area contributed by atoms with Crippen molar-refractivity contribution in [1.82, 2.24) is 0 Å². The lowest BCUT2D eigenvalue weighted by Gasteiger charge is -1.85. The van der Waals surface area contributed by atoms with E-state index in [1.54, 1.807) is 13.0 Å². The maximum absolute atomic E-state index is 12.6. The smallest absolute Gasteiger partial charge is 0.198 e. The summed E-state index contributed by atoms with van der Waals surface area (Å²) in [5.41, 5.74) is 0.788. The Bertz CT molecular complexity index is 288. The molecule has 1 aromatic carbocycles. The van der Waals surface area contributed by atoms with Crippen molar-refractivity contribution in [3.63, 3.8) is 0 Å². The first-order chi connectivity index (χ1) is 4.74. The predicted molar refractivity (Wildman–Crippen MR) is 35.9 cm³/mol. The Balaban J connectivity index is 3.23. The van der Waals surface area contributed by atoms with Gasteiger partial charge in [0.25, 0.3) is 0 Å². The van der Waals surface area contributed by atoms with Crippen molar-refractivity contribution in [2.75, 3.05) is 0 Å². The molecule has 0 unspecified atom stereocenters. The van der Waals surface area contributed by atoms with Crippen LogP contribution in [0.15, 0.2) is 18.2 Å². The van der Waals surface area contributed by atoms with E-state index in [2.05, 4.69) is 4.98 Å². The standard InChI is InChI=1S/C7H6FN2/c1-5-2-3-7(10-9)6(8)4-5/h2-4H,1H3/q+1. The number of hydrogen-bond acceptors (Lipinski definition) is 1. The second-order valence-corrected chi connectivity index (χ2v) is 2.05. The summed E-state index contributed by atoms with van der Waals surface area (Å²) in [7, 11) is 0. The molecule has 0 fully saturated rings. The zero-order valence-electron chi connectivity index (χ0n) is 5.50. The number of diazo groups is 1. The highest BCUT2D eigenvalue weighted by atomic mass is 19.1. The average molecular weight is 137 g/mol. The van der Waals surface area contributed by atoms with Crippen LogP contribution in [-0.2, 0) is 0 Å². The fourth-order valence-electron chi connectivity index (χ4n) is 0.693. The van der Waals surface area contributed by atoms with Crippen LogP contribution >= 0.6 is 0 Å². The number of aryl methyl sites for hydroxylation is 1. The van der Waals surface area contributed by atoms with Crippen LogP contribution in [0.3, 0.4) is 0 Å². The molecule has 0 atom stereocenters. The Hall–Kier alpha value is -1.43. The topological polar surface area (TPSA) is 28.1 Å². The van der Waals surface area contributed by atoms with Gasteiger partial charge in [-0.05, 0) is 18.6 Å². The van der Waals surface area contributed by atoms with Gasteiger partial charge in [-0.3, -0.25) is 0 Å². The monoisotopic (exact) mass is 137 g/mol. The number of hydrogen-bond donors (Lipinski definition) is 0. The molecule has 1 aromatic rings. The summed E-state index contributed by atoms with van der Waals surface area (Å²) < 4.78 is 12.6. The van der Waals surface area contributed by atoms with Gasteiger partial charge in [-0.25, -0.2) is 0 Å². The van der Waals surface area contributed by atoms with E-state index in [-0.39, 0.29) is 5.69 Å². The molecule has 10 heavy (non-hydrogen) atoms. The summed E-state index contributed by atoms with van der Waals surface area (Å²) in [5.74, 6) is -0.498. The van der Waals surface area contributed by atoms with Gasteiger partial charge in [-0.1, -0.05) is 6.07 Å². The zero-order chi connectivity index (χ0) is 7.56. The average Bonchev–Trinajstić information content (AvgIpc) is 1.88. The van der Waals surface area contributed by atoms with Gasteiger partial charge in [0.15, 0.2) is 4.98 Å². The molecule has 0 spiro atoms. The Morgan fingerprint density at radius 1 is 1.50 bits per heavy atom. The minimum atomic E-state index is -0.498. The van der Waals surface area contributed by atoms with Crippen LogP contribution in [0.1, 0.15) is 5.56 Å². The third-order valence-corrected chi connectivity index (χ3v) is 1.21. The Kier molecular flexibility index (Phi) is 1.63. The van der Waals surface area contributed by atoms with Crippen molar-refractivity contribution < 1.29 is 4.39 Å². The van der Waals surface area contributed by atoms with Crippen molar-refractivity contribution in [2.45, 2.75) is 6.92 Å². The highest BCUT2D eigenvalue weighted by Gasteiger charge is 2.11. The first-order valence-electron chi connectivity index (χ1n) is 2.85. The van der Waals surface area contributed by atoms with E-state index in [1.165, 1.54) is 12.1 Å². The summed E-state index contributed by atoms with van der Waals surface area (Å²) in [5, 5.41) is 8.19. The number of rotatable bonds is 0. The van der Waals surface area contributed by atoms with Gasteiger partial charge < -0.3 is 0 Å². The Morgan fingerprint density at radius 2 is 2.20 bits per heavy atom. The molecule has 0 aliphatic rings. The molecule has 0 aromatic heterocycles. The second-order valence-electron chi connectivity index (χ2n) is 2.05. The van der Waals surface area contributed by atoms with E-state index >= 15 is 0 Å². The molecule has 0 aliphatic heterocycles. The van der Waals surface area contributed by atoms with Crippen molar-refractivity contribution in [1.29, 1.82) is 5.39 Å². The second kappa shape index (κ2) is 2.44. The summed E-state index contributed by atoms with van der Waals surface area (Å²) >= 11 is 0. The van der Waals surface area contributed by atoms with E-state index in [0.717, 1.165) is 5.56 Å². The molecule has 0 amide bonds. The van der Waals surface area contributed by atoms with Crippen LogP contribution < -0.4 is 0 Å². The lowest BCUT2D eigenvalue weighted by molar-refractivity contribution is 0.632. The maximum Gasteiger partial charge on any atom is 0.420 e. The Morgan fingerprint density at radius 3 is 2.70 bits per heavy atom. The van der Waals surface area contributed by atoms with Crippen LogP contribution in [0.25, 0.3) is 4.98 Å². The van der Waals surface area contributed by atoms with Gasteiger partial charge in [0.2, 0.25) is 11.2 Å². The fraction of sp³-hybridized carbons (Fsp3) is 0.143. The van der Waals surface area contributed by atoms with Crippen LogP contribution in [-0.4, -0.2) is 0 Å². The molecule has 0 N–H and O–H groups in total. The number of nitrogens with zero attached hydrogens (tertiary/aromatic N) is 2. The lowest BCUT2D eigenvalue weighted by atomic mass is 10.2. The molecule has 0 saturated heterocycles. The quantitative estimate of drug-likeness (QED) is 0.505. The third kappa shape index (κ3) is 1.11. The molecule has 0 saturated carbocycles. The summed E-state index contributed by atoms with van der Waals surface area (Å²) in [4.78, 5) is 2.74. The molecule has 0 aliphatic carbocycles. The van der Waals surface area contributed by atoms with E-state index in [0.29, 0.717) is 0 Å². The maximum atomic E-state index is 12.6. The van der Waals surface area contributed by atoms with Gasteiger partial charge >= 0.3 is 5.69 Å². The van der Waals surface area contributed by atoms with Gasteiger partial charge in [0.1, 0.15) is 0 Å². The molecule has 0 radical (unpaired) electrons. The minimum Gasteiger partial charge on any atom is -0.198 e. The van der Waals surface area contributed by atoms with E-state index in [9.17, 15) is 4.39 Å². The SMILES string of the molecule is Cc1ccc([N+]#N)c(F)c1. The summed E-state index contributed by atoms with van der Waals surface area (Å²) in [6.45, 7) is 1.77. The van der Waals surface area contributed by atoms with Crippen molar-refractivity contribution >= 4 is 5.69 Å². The summed E-state index contributed by atoms with van der Waals surface area (Å²) in [6.07, 6.45) is 0. The molecule has 0 heterocycles. The molecular weight excluding hydrogens is 131 g/mol. The van der Waals surface area contributed by atoms with E-state index in [4.69, 9.17) is 5.39 Å². The fourth-order valence-corrected chi connectivity index (χ4v) is 0.693. The summed E-state index contributed by atoms with van der Waals surface area (Å²) in [6, 6.07) is 4.41. The third-order valence-electron chi connectivity index (χ3n) is 1.21. The minimum absolute atomic E-state index is 0.0226. The van der Waals surface area contributed by atoms with Crippen LogP contribution in [0.4, 0.5) is 10.1 Å². The van der Waals surface area contributed by atoms with Crippen molar-refractivity contribution in [2.24, 2.45) is 0 Å². The lowest BCUT2D eigenvalue weighted by Crippen LogP contribution is -1.75. The van der Waals surface area contributed by atoms with Gasteiger partial charge in [0.05, 0.1) is 0 Å².